The summed E-state index contributed by atoms with van der Waals surface area (Å²) in [5.74, 6) is 0.683. The summed E-state index contributed by atoms with van der Waals surface area (Å²) in [5, 5.41) is 0. The second-order valence-corrected chi connectivity index (χ2v) is 9.28. The van der Waals surface area contributed by atoms with Crippen molar-refractivity contribution < 1.29 is 14.2 Å². The van der Waals surface area contributed by atoms with Gasteiger partial charge in [-0.25, -0.2) is 0 Å². The Bertz CT molecular complexity index is 152. The standard InChI is InChI=1S/C13H30O3Si/c1-6-14-10-17(9-13(4)5,11-15-7-2)12-16-8-3/h13H,6-12H2,1-5H3. The Morgan fingerprint density at radius 3 is 1.35 bits per heavy atom. The average molecular weight is 262 g/mol. The Morgan fingerprint density at radius 2 is 1.12 bits per heavy atom. The number of hydrogen-bond donors (Lipinski definition) is 0. The maximum atomic E-state index is 5.70. The predicted octanol–water partition coefficient (Wildman–Crippen LogP) is 2.82. The Balaban J connectivity index is 4.51. The molecular weight excluding hydrogens is 232 g/mol. The molecule has 0 saturated heterocycles. The zero-order valence-electron chi connectivity index (χ0n) is 12.3. The highest BCUT2D eigenvalue weighted by molar-refractivity contribution is 6.79. The van der Waals surface area contributed by atoms with E-state index in [9.17, 15) is 0 Å². The van der Waals surface area contributed by atoms with E-state index >= 15 is 0 Å². The molecule has 104 valence electrons. The molecule has 0 aromatic rings. The molecule has 0 aliphatic heterocycles. The molecule has 0 N–H and O–H groups in total. The summed E-state index contributed by atoms with van der Waals surface area (Å²) < 4.78 is 17.1. The van der Waals surface area contributed by atoms with Crippen molar-refractivity contribution in [3.8, 4) is 0 Å². The van der Waals surface area contributed by atoms with Crippen molar-refractivity contribution >= 4 is 8.07 Å². The van der Waals surface area contributed by atoms with Crippen LogP contribution in [0.25, 0.3) is 0 Å². The molecule has 0 fully saturated rings. The first kappa shape index (κ1) is 17.1. The van der Waals surface area contributed by atoms with Gasteiger partial charge in [0.15, 0.2) is 0 Å². The molecule has 17 heavy (non-hydrogen) atoms. The molecule has 0 spiro atoms. The lowest BCUT2D eigenvalue weighted by molar-refractivity contribution is 0.137. The van der Waals surface area contributed by atoms with E-state index in [-0.39, 0.29) is 0 Å². The molecule has 0 saturated carbocycles. The highest BCUT2D eigenvalue weighted by atomic mass is 28.3. The minimum absolute atomic E-state index is 0.683. The van der Waals surface area contributed by atoms with Crippen LogP contribution >= 0.6 is 0 Å². The Morgan fingerprint density at radius 1 is 0.765 bits per heavy atom. The Labute approximate surface area is 108 Å². The minimum atomic E-state index is -1.59. The predicted molar refractivity (Wildman–Crippen MR) is 74.9 cm³/mol. The van der Waals surface area contributed by atoms with Crippen molar-refractivity contribution in [2.45, 2.75) is 40.7 Å². The van der Waals surface area contributed by atoms with Crippen LogP contribution in [-0.4, -0.2) is 46.6 Å². The summed E-state index contributed by atoms with van der Waals surface area (Å²) >= 11 is 0. The quantitative estimate of drug-likeness (QED) is 0.536. The molecule has 0 bridgehead atoms. The van der Waals surface area contributed by atoms with Crippen molar-refractivity contribution in [1.29, 1.82) is 0 Å². The van der Waals surface area contributed by atoms with Crippen LogP contribution in [0.15, 0.2) is 0 Å². The Kier molecular flexibility index (Phi) is 10.1. The largest absolute Gasteiger partial charge is 0.385 e. The van der Waals surface area contributed by atoms with E-state index < -0.39 is 8.07 Å². The maximum Gasteiger partial charge on any atom is 0.141 e. The van der Waals surface area contributed by atoms with Crippen LogP contribution < -0.4 is 0 Å². The van der Waals surface area contributed by atoms with Gasteiger partial charge in [0.05, 0.1) is 0 Å². The fourth-order valence-electron chi connectivity index (χ4n) is 2.12. The molecular formula is C13H30O3Si. The second kappa shape index (κ2) is 10.1. The van der Waals surface area contributed by atoms with E-state index in [0.717, 1.165) is 38.5 Å². The van der Waals surface area contributed by atoms with E-state index in [0.29, 0.717) is 5.92 Å². The molecule has 0 aliphatic carbocycles. The molecule has 0 atom stereocenters. The van der Waals surface area contributed by atoms with Crippen LogP contribution in [0.1, 0.15) is 34.6 Å². The first-order valence-corrected chi connectivity index (χ1v) is 9.66. The van der Waals surface area contributed by atoms with Gasteiger partial charge in [0.2, 0.25) is 0 Å². The van der Waals surface area contributed by atoms with E-state index in [4.69, 9.17) is 14.2 Å². The van der Waals surface area contributed by atoms with Gasteiger partial charge in [-0.15, -0.1) is 0 Å². The summed E-state index contributed by atoms with van der Waals surface area (Å²) in [4.78, 5) is 0. The van der Waals surface area contributed by atoms with Crippen LogP contribution in [0.3, 0.4) is 0 Å². The van der Waals surface area contributed by atoms with Gasteiger partial charge in [-0.3, -0.25) is 0 Å². The van der Waals surface area contributed by atoms with Crippen molar-refractivity contribution in [3.63, 3.8) is 0 Å². The van der Waals surface area contributed by atoms with Crippen LogP contribution in [0.4, 0.5) is 0 Å². The first-order valence-electron chi connectivity index (χ1n) is 6.83. The van der Waals surface area contributed by atoms with Crippen LogP contribution in [-0.2, 0) is 14.2 Å². The molecule has 4 heteroatoms. The zero-order chi connectivity index (χ0) is 13.1. The van der Waals surface area contributed by atoms with Gasteiger partial charge in [-0.1, -0.05) is 13.8 Å². The smallest absolute Gasteiger partial charge is 0.141 e. The van der Waals surface area contributed by atoms with Crippen molar-refractivity contribution in [1.82, 2.24) is 0 Å². The molecule has 3 nitrogen and oxygen atoms in total. The summed E-state index contributed by atoms with van der Waals surface area (Å²) in [7, 11) is -1.59. The van der Waals surface area contributed by atoms with Crippen molar-refractivity contribution in [2.24, 2.45) is 5.92 Å². The molecule has 0 aliphatic rings. The summed E-state index contributed by atoms with van der Waals surface area (Å²) in [6.45, 7) is 13.0. The summed E-state index contributed by atoms with van der Waals surface area (Å²) in [6, 6.07) is 1.22. The molecule has 0 amide bonds. The van der Waals surface area contributed by atoms with Gasteiger partial charge in [-0.2, -0.15) is 0 Å². The normalized spacial score (nSPS) is 12.4. The van der Waals surface area contributed by atoms with Gasteiger partial charge in [0.25, 0.3) is 0 Å². The summed E-state index contributed by atoms with van der Waals surface area (Å²) in [6.07, 6.45) is 2.59. The average Bonchev–Trinajstić information content (AvgIpc) is 2.30. The summed E-state index contributed by atoms with van der Waals surface area (Å²) in [5.41, 5.74) is 0. The monoisotopic (exact) mass is 262 g/mol. The first-order chi connectivity index (χ1) is 8.10. The topological polar surface area (TPSA) is 27.7 Å². The highest BCUT2D eigenvalue weighted by Gasteiger charge is 2.35. The lowest BCUT2D eigenvalue weighted by atomic mass is 10.3. The molecule has 0 unspecified atom stereocenters. The van der Waals surface area contributed by atoms with E-state index in [2.05, 4.69) is 34.6 Å². The van der Waals surface area contributed by atoms with Crippen LogP contribution in [0.5, 0.6) is 0 Å². The lowest BCUT2D eigenvalue weighted by Gasteiger charge is -2.32. The van der Waals surface area contributed by atoms with Gasteiger partial charge >= 0.3 is 0 Å². The highest BCUT2D eigenvalue weighted by Crippen LogP contribution is 2.19. The van der Waals surface area contributed by atoms with Gasteiger partial charge in [0, 0.05) is 38.5 Å². The SMILES string of the molecule is CCOC[Si](COCC)(COCC)CC(C)C. The van der Waals surface area contributed by atoms with Crippen molar-refractivity contribution in [3.05, 3.63) is 0 Å². The fraction of sp³-hybridized carbons (Fsp3) is 1.00. The molecule has 0 heterocycles. The lowest BCUT2D eigenvalue weighted by Crippen LogP contribution is -2.51. The molecule has 0 radical (unpaired) electrons. The maximum absolute atomic E-state index is 5.70. The van der Waals surface area contributed by atoms with E-state index in [1.165, 1.54) is 6.04 Å². The second-order valence-electron chi connectivity index (χ2n) is 5.01. The fourth-order valence-corrected chi connectivity index (χ4v) is 6.37. The molecule has 0 aromatic heterocycles. The molecule has 0 aromatic carbocycles. The number of hydrogen-bond acceptors (Lipinski definition) is 3. The third kappa shape index (κ3) is 7.92. The van der Waals surface area contributed by atoms with Gasteiger partial charge in [-0.05, 0) is 32.7 Å². The minimum Gasteiger partial charge on any atom is -0.385 e. The number of ether oxygens (including phenoxy) is 3. The third-order valence-electron chi connectivity index (χ3n) is 2.68. The van der Waals surface area contributed by atoms with Crippen LogP contribution in [0.2, 0.25) is 6.04 Å². The van der Waals surface area contributed by atoms with E-state index in [1.54, 1.807) is 0 Å². The van der Waals surface area contributed by atoms with Gasteiger partial charge in [0.1, 0.15) is 8.07 Å². The molecule has 0 rings (SSSR count). The van der Waals surface area contributed by atoms with Gasteiger partial charge < -0.3 is 14.2 Å². The Hall–Kier alpha value is 0.0969. The van der Waals surface area contributed by atoms with Crippen LogP contribution in [0, 0.1) is 5.92 Å². The third-order valence-corrected chi connectivity index (χ3v) is 6.81. The van der Waals surface area contributed by atoms with E-state index in [1.807, 2.05) is 0 Å². The number of rotatable bonds is 11. The van der Waals surface area contributed by atoms with Crippen molar-refractivity contribution in [2.75, 3.05) is 38.5 Å². The zero-order valence-corrected chi connectivity index (χ0v) is 13.3.